The first-order chi connectivity index (χ1) is 13.5. The van der Waals surface area contributed by atoms with Crippen LogP contribution in [0.5, 0.6) is 0 Å². The molecule has 6 nitrogen and oxygen atoms in total. The summed E-state index contributed by atoms with van der Waals surface area (Å²) in [6.07, 6.45) is 7.43. The molecule has 2 N–H and O–H groups in total. The van der Waals surface area contributed by atoms with Gasteiger partial charge in [0, 0.05) is 44.1 Å². The highest BCUT2D eigenvalue weighted by atomic mass is 16.2. The Hall–Kier alpha value is -2.18. The maximum absolute atomic E-state index is 12.7. The number of nitrogens with zero attached hydrogens (tertiary/aromatic N) is 2. The van der Waals surface area contributed by atoms with Gasteiger partial charge in [0.2, 0.25) is 11.8 Å². The summed E-state index contributed by atoms with van der Waals surface area (Å²) in [5.41, 5.74) is 7.43. The van der Waals surface area contributed by atoms with Crippen molar-refractivity contribution >= 4 is 17.9 Å². The quantitative estimate of drug-likeness (QED) is 0.833. The predicted octanol–water partition coefficient (Wildman–Crippen LogP) is 1.80. The molecular formula is C22H30N4O2. The summed E-state index contributed by atoms with van der Waals surface area (Å²) in [5.74, 6) is 0.437. The third kappa shape index (κ3) is 4.13. The van der Waals surface area contributed by atoms with E-state index in [0.29, 0.717) is 19.0 Å². The number of nitrogens with one attached hydrogen (secondary N) is 2. The van der Waals surface area contributed by atoms with Crippen LogP contribution in [0.3, 0.4) is 0 Å². The van der Waals surface area contributed by atoms with Crippen LogP contribution in [0.2, 0.25) is 0 Å². The Morgan fingerprint density at radius 1 is 1.21 bits per heavy atom. The molecule has 0 radical (unpaired) electrons. The third-order valence-electron chi connectivity index (χ3n) is 6.37. The minimum absolute atomic E-state index is 0.0447. The lowest BCUT2D eigenvalue weighted by molar-refractivity contribution is -0.135. The van der Waals surface area contributed by atoms with E-state index >= 15 is 0 Å². The van der Waals surface area contributed by atoms with Crippen molar-refractivity contribution in [1.29, 1.82) is 0 Å². The molecule has 150 valence electrons. The molecule has 0 bridgehead atoms. The lowest BCUT2D eigenvalue weighted by Gasteiger charge is -2.39. The Kier molecular flexibility index (Phi) is 5.51. The number of likely N-dealkylation sites (tertiary alicyclic amines) is 2. The molecule has 0 aromatic heterocycles. The molecule has 1 spiro atoms. The zero-order valence-electron chi connectivity index (χ0n) is 16.6. The van der Waals surface area contributed by atoms with Crippen LogP contribution in [0.15, 0.2) is 36.4 Å². The molecule has 3 heterocycles. The lowest BCUT2D eigenvalue weighted by Crippen LogP contribution is -2.50. The second-order valence-corrected chi connectivity index (χ2v) is 8.57. The molecule has 0 aliphatic carbocycles. The van der Waals surface area contributed by atoms with Gasteiger partial charge in [-0.05, 0) is 31.7 Å². The van der Waals surface area contributed by atoms with Crippen LogP contribution < -0.4 is 10.9 Å². The van der Waals surface area contributed by atoms with Gasteiger partial charge in [0.15, 0.2) is 0 Å². The Morgan fingerprint density at radius 3 is 2.64 bits per heavy atom. The molecule has 3 aliphatic rings. The van der Waals surface area contributed by atoms with Gasteiger partial charge >= 0.3 is 0 Å². The second kappa shape index (κ2) is 8.05. The number of amides is 2. The third-order valence-corrected chi connectivity index (χ3v) is 6.37. The average Bonchev–Trinajstić information content (AvgIpc) is 3.26. The van der Waals surface area contributed by atoms with E-state index in [1.54, 1.807) is 0 Å². The van der Waals surface area contributed by atoms with Crippen molar-refractivity contribution < 1.29 is 9.59 Å². The van der Waals surface area contributed by atoms with E-state index < -0.39 is 0 Å². The Bertz CT molecular complexity index is 740. The van der Waals surface area contributed by atoms with Crippen LogP contribution in [0, 0.1) is 5.41 Å². The fraction of sp³-hybridized carbons (Fsp3) is 0.545. The summed E-state index contributed by atoms with van der Waals surface area (Å²) in [6, 6.07) is 10.4. The fourth-order valence-electron chi connectivity index (χ4n) is 4.66. The number of hydrazine groups is 1. The monoisotopic (exact) mass is 382 g/mol. The van der Waals surface area contributed by atoms with Crippen molar-refractivity contribution in [2.75, 3.05) is 26.2 Å². The smallest absolute Gasteiger partial charge is 0.241 e. The van der Waals surface area contributed by atoms with Gasteiger partial charge in [0.1, 0.15) is 6.04 Å². The summed E-state index contributed by atoms with van der Waals surface area (Å²) in [4.78, 5) is 29.2. The van der Waals surface area contributed by atoms with E-state index in [1.807, 2.05) is 28.0 Å². The van der Waals surface area contributed by atoms with Gasteiger partial charge in [0.05, 0.1) is 0 Å². The van der Waals surface area contributed by atoms with Crippen LogP contribution in [-0.4, -0.2) is 59.9 Å². The van der Waals surface area contributed by atoms with Gasteiger partial charge in [-0.25, -0.2) is 5.43 Å². The molecule has 3 aliphatic heterocycles. The van der Waals surface area contributed by atoms with Crippen molar-refractivity contribution in [1.82, 2.24) is 20.7 Å². The van der Waals surface area contributed by atoms with Crippen molar-refractivity contribution in [2.24, 2.45) is 5.41 Å². The lowest BCUT2D eigenvalue weighted by atomic mass is 9.77. The number of hydrogen-bond acceptors (Lipinski definition) is 4. The maximum Gasteiger partial charge on any atom is 0.241 e. The Morgan fingerprint density at radius 2 is 1.96 bits per heavy atom. The molecule has 3 saturated heterocycles. The van der Waals surface area contributed by atoms with Gasteiger partial charge in [-0.1, -0.05) is 42.5 Å². The first kappa shape index (κ1) is 19.2. The second-order valence-electron chi connectivity index (χ2n) is 8.57. The van der Waals surface area contributed by atoms with Crippen molar-refractivity contribution in [3.05, 3.63) is 42.0 Å². The number of carbonyl (C=O) groups is 2. The molecule has 4 rings (SSSR count). The molecule has 2 unspecified atom stereocenters. The van der Waals surface area contributed by atoms with Crippen molar-refractivity contribution in [3.63, 3.8) is 0 Å². The minimum atomic E-state index is -0.117. The van der Waals surface area contributed by atoms with Crippen LogP contribution in [-0.2, 0) is 9.59 Å². The predicted molar refractivity (Wildman–Crippen MR) is 109 cm³/mol. The fourth-order valence-corrected chi connectivity index (χ4v) is 4.66. The number of rotatable bonds is 4. The van der Waals surface area contributed by atoms with Gasteiger partial charge in [-0.3, -0.25) is 15.0 Å². The van der Waals surface area contributed by atoms with E-state index in [9.17, 15) is 9.59 Å². The van der Waals surface area contributed by atoms with Crippen LogP contribution in [0.1, 0.15) is 38.2 Å². The van der Waals surface area contributed by atoms with E-state index in [2.05, 4.69) is 42.1 Å². The number of carbonyl (C=O) groups excluding carboxylic acids is 2. The number of hydrogen-bond donors (Lipinski definition) is 2. The van der Waals surface area contributed by atoms with Gasteiger partial charge in [-0.15, -0.1) is 0 Å². The van der Waals surface area contributed by atoms with Crippen LogP contribution >= 0.6 is 0 Å². The topological polar surface area (TPSA) is 64.7 Å². The largest absolute Gasteiger partial charge is 0.341 e. The standard InChI is InChI=1S/C22H30N4O2/c1-17-14-19(24-23-17)21(28)25-12-9-22(10-13-25)15-20(27)26(16-22)11-5-8-18-6-3-2-4-7-18/h2-8,17,19,23-24H,9-16H2,1H3/b8-5+. The van der Waals surface area contributed by atoms with Crippen molar-refractivity contribution in [3.8, 4) is 0 Å². The average molecular weight is 383 g/mol. The normalized spacial score (nSPS) is 27.2. The summed E-state index contributed by atoms with van der Waals surface area (Å²) >= 11 is 0. The molecule has 2 amide bonds. The van der Waals surface area contributed by atoms with Gasteiger partial charge in [0.25, 0.3) is 0 Å². The molecule has 3 fully saturated rings. The van der Waals surface area contributed by atoms with E-state index in [4.69, 9.17) is 0 Å². The highest BCUT2D eigenvalue weighted by molar-refractivity contribution is 5.83. The van der Waals surface area contributed by atoms with Gasteiger partial charge < -0.3 is 9.80 Å². The maximum atomic E-state index is 12.7. The summed E-state index contributed by atoms with van der Waals surface area (Å²) in [5, 5.41) is 0. The van der Waals surface area contributed by atoms with Gasteiger partial charge in [-0.2, -0.15) is 0 Å². The van der Waals surface area contributed by atoms with E-state index in [1.165, 1.54) is 0 Å². The zero-order chi connectivity index (χ0) is 19.6. The first-order valence-electron chi connectivity index (χ1n) is 10.3. The highest BCUT2D eigenvalue weighted by Gasteiger charge is 2.45. The Labute approximate surface area is 166 Å². The molecule has 0 saturated carbocycles. The molecule has 6 heteroatoms. The number of piperidine rings is 1. The first-order valence-corrected chi connectivity index (χ1v) is 10.3. The molecule has 1 aromatic rings. The molecule has 1 aromatic carbocycles. The summed E-state index contributed by atoms with van der Waals surface area (Å²) < 4.78 is 0. The van der Waals surface area contributed by atoms with Crippen LogP contribution in [0.4, 0.5) is 0 Å². The Balaban J connectivity index is 1.29. The van der Waals surface area contributed by atoms with E-state index in [-0.39, 0.29) is 23.3 Å². The number of benzene rings is 1. The molecular weight excluding hydrogens is 352 g/mol. The summed E-state index contributed by atoms with van der Waals surface area (Å²) in [7, 11) is 0. The molecule has 28 heavy (non-hydrogen) atoms. The summed E-state index contributed by atoms with van der Waals surface area (Å²) in [6.45, 7) is 5.07. The highest BCUT2D eigenvalue weighted by Crippen LogP contribution is 2.41. The minimum Gasteiger partial charge on any atom is -0.341 e. The van der Waals surface area contributed by atoms with Crippen LogP contribution in [0.25, 0.3) is 6.08 Å². The zero-order valence-corrected chi connectivity index (χ0v) is 16.6. The SMILES string of the molecule is CC1CC(C(=O)N2CCC3(CC2)CC(=O)N(C/C=C/c2ccccc2)C3)NN1. The van der Waals surface area contributed by atoms with E-state index in [0.717, 1.165) is 44.5 Å². The molecule has 2 atom stereocenters. The van der Waals surface area contributed by atoms with Crippen molar-refractivity contribution in [2.45, 2.75) is 44.7 Å².